The second kappa shape index (κ2) is 8.16. The van der Waals surface area contributed by atoms with Gasteiger partial charge in [0.1, 0.15) is 5.75 Å². The van der Waals surface area contributed by atoms with Crippen LogP contribution in [0, 0.1) is 3.95 Å². The van der Waals surface area contributed by atoms with E-state index < -0.39 is 0 Å². The zero-order valence-electron chi connectivity index (χ0n) is 14.6. The monoisotopic (exact) mass is 381 g/mol. The van der Waals surface area contributed by atoms with Crippen molar-refractivity contribution in [2.75, 3.05) is 39.4 Å². The number of rotatable bonds is 5. The number of aromatic nitrogens is 1. The number of piperazine rings is 1. The number of amides is 1. The van der Waals surface area contributed by atoms with Crippen molar-refractivity contribution in [3.05, 3.63) is 22.2 Å². The Bertz CT molecular complexity index is 794. The molecule has 1 aliphatic rings. The van der Waals surface area contributed by atoms with Crippen LogP contribution in [0.2, 0.25) is 0 Å². The molecule has 0 saturated carbocycles. The summed E-state index contributed by atoms with van der Waals surface area (Å²) in [4.78, 5) is 15.9. The highest BCUT2D eigenvalue weighted by atomic mass is 32.1. The molecule has 136 valence electrons. The van der Waals surface area contributed by atoms with Gasteiger partial charge in [0.05, 0.1) is 30.1 Å². The van der Waals surface area contributed by atoms with Crippen LogP contribution < -0.4 is 4.74 Å². The van der Waals surface area contributed by atoms with E-state index in [0.29, 0.717) is 26.3 Å². The maximum Gasteiger partial charge on any atom is 0.409 e. The smallest absolute Gasteiger partial charge is 0.409 e. The van der Waals surface area contributed by atoms with Gasteiger partial charge in [-0.05, 0) is 44.3 Å². The zero-order valence-corrected chi connectivity index (χ0v) is 16.2. The Kier molecular flexibility index (Phi) is 5.93. The highest BCUT2D eigenvalue weighted by Gasteiger charge is 2.22. The minimum Gasteiger partial charge on any atom is -0.494 e. The molecule has 1 fully saturated rings. The van der Waals surface area contributed by atoms with Crippen LogP contribution >= 0.6 is 23.6 Å². The molecule has 0 unspecified atom stereocenters. The van der Waals surface area contributed by atoms with E-state index in [4.69, 9.17) is 21.7 Å². The van der Waals surface area contributed by atoms with Gasteiger partial charge in [-0.2, -0.15) is 0 Å². The molecule has 6 nitrogen and oxygen atoms in total. The molecule has 1 saturated heterocycles. The van der Waals surface area contributed by atoms with E-state index in [9.17, 15) is 4.79 Å². The Morgan fingerprint density at radius 3 is 2.64 bits per heavy atom. The molecular weight excluding hydrogens is 358 g/mol. The Morgan fingerprint density at radius 1 is 1.20 bits per heavy atom. The minimum absolute atomic E-state index is 0.219. The molecule has 1 amide bonds. The second-order valence-electron chi connectivity index (χ2n) is 5.80. The molecule has 25 heavy (non-hydrogen) atoms. The van der Waals surface area contributed by atoms with Gasteiger partial charge in [0.25, 0.3) is 0 Å². The van der Waals surface area contributed by atoms with E-state index in [-0.39, 0.29) is 6.09 Å². The fraction of sp³-hybridized carbons (Fsp3) is 0.529. The van der Waals surface area contributed by atoms with Crippen molar-refractivity contribution in [2.45, 2.75) is 20.5 Å². The van der Waals surface area contributed by atoms with Crippen molar-refractivity contribution >= 4 is 39.9 Å². The van der Waals surface area contributed by atoms with Crippen molar-refractivity contribution in [3.8, 4) is 5.75 Å². The number of fused-ring (bicyclic) bond motifs is 1. The number of thiazole rings is 1. The average Bonchev–Trinajstić information content (AvgIpc) is 2.91. The van der Waals surface area contributed by atoms with Crippen LogP contribution in [-0.4, -0.2) is 59.9 Å². The lowest BCUT2D eigenvalue weighted by atomic mass is 10.3. The van der Waals surface area contributed by atoms with Gasteiger partial charge in [-0.3, -0.25) is 4.90 Å². The van der Waals surface area contributed by atoms with Gasteiger partial charge >= 0.3 is 6.09 Å². The quantitative estimate of drug-likeness (QED) is 0.741. The molecule has 0 N–H and O–H groups in total. The third-order valence-corrected chi connectivity index (χ3v) is 5.60. The normalized spacial score (nSPS) is 15.5. The summed E-state index contributed by atoms with van der Waals surface area (Å²) in [6.45, 7) is 8.61. The van der Waals surface area contributed by atoms with Crippen LogP contribution in [0.4, 0.5) is 4.79 Å². The average molecular weight is 382 g/mol. The molecule has 8 heteroatoms. The van der Waals surface area contributed by atoms with E-state index >= 15 is 0 Å². The molecule has 1 aromatic carbocycles. The summed E-state index contributed by atoms with van der Waals surface area (Å²) in [5, 5.41) is 0. The Morgan fingerprint density at radius 2 is 1.96 bits per heavy atom. The van der Waals surface area contributed by atoms with Gasteiger partial charge in [0.2, 0.25) is 0 Å². The summed E-state index contributed by atoms with van der Waals surface area (Å²) in [6, 6.07) is 6.11. The minimum atomic E-state index is -0.219. The largest absolute Gasteiger partial charge is 0.494 e. The number of hydrogen-bond donors (Lipinski definition) is 0. The summed E-state index contributed by atoms with van der Waals surface area (Å²) in [5.74, 6) is 0.876. The predicted molar refractivity (Wildman–Crippen MR) is 102 cm³/mol. The first-order valence-electron chi connectivity index (χ1n) is 8.52. The van der Waals surface area contributed by atoms with Crippen molar-refractivity contribution in [2.24, 2.45) is 0 Å². The summed E-state index contributed by atoms with van der Waals surface area (Å²) in [6.07, 6.45) is -0.219. The predicted octanol–water partition coefficient (Wildman–Crippen LogP) is 3.56. The van der Waals surface area contributed by atoms with Crippen molar-refractivity contribution in [3.63, 3.8) is 0 Å². The van der Waals surface area contributed by atoms with Crippen LogP contribution in [0.3, 0.4) is 0 Å². The number of hydrogen-bond acceptors (Lipinski definition) is 6. The SMILES string of the molecule is CCOC(=O)N1CCN(Cn2c(=S)sc3cc(OCC)ccc32)CC1. The number of carbonyl (C=O) groups excluding carboxylic acids is 1. The van der Waals surface area contributed by atoms with Crippen molar-refractivity contribution < 1.29 is 14.3 Å². The maximum absolute atomic E-state index is 11.8. The van der Waals surface area contributed by atoms with Crippen LogP contribution in [0.1, 0.15) is 13.8 Å². The summed E-state index contributed by atoms with van der Waals surface area (Å²) < 4.78 is 14.8. The highest BCUT2D eigenvalue weighted by molar-refractivity contribution is 7.73. The molecule has 0 atom stereocenters. The van der Waals surface area contributed by atoms with E-state index in [0.717, 1.165) is 39.7 Å². The van der Waals surface area contributed by atoms with Gasteiger partial charge in [-0.1, -0.05) is 0 Å². The molecule has 2 heterocycles. The lowest BCUT2D eigenvalue weighted by molar-refractivity contribution is 0.0714. The lowest BCUT2D eigenvalue weighted by Gasteiger charge is -2.34. The first-order chi connectivity index (χ1) is 12.1. The van der Waals surface area contributed by atoms with Crippen molar-refractivity contribution in [1.29, 1.82) is 0 Å². The number of ether oxygens (including phenoxy) is 2. The summed E-state index contributed by atoms with van der Waals surface area (Å²) in [5.41, 5.74) is 1.13. The fourth-order valence-electron chi connectivity index (χ4n) is 2.92. The molecular formula is C17H23N3O3S2. The summed E-state index contributed by atoms with van der Waals surface area (Å²) >= 11 is 7.16. The number of carbonyl (C=O) groups is 1. The Hall–Kier alpha value is -1.64. The standard InChI is InChI=1S/C17H23N3O3S2/c1-3-22-13-5-6-14-15(11-13)25-17(24)20(14)12-18-7-9-19(10-8-18)16(21)23-4-2/h5-6,11H,3-4,7-10,12H2,1-2H3. The first kappa shape index (κ1) is 18.2. The van der Waals surface area contributed by atoms with Crippen LogP contribution in [-0.2, 0) is 11.4 Å². The first-order valence-corrected chi connectivity index (χ1v) is 9.75. The Labute approximate surface area is 156 Å². The molecule has 0 aliphatic carbocycles. The molecule has 0 bridgehead atoms. The third-order valence-electron chi connectivity index (χ3n) is 4.19. The maximum atomic E-state index is 11.8. The van der Waals surface area contributed by atoms with Crippen molar-refractivity contribution in [1.82, 2.24) is 14.4 Å². The third kappa shape index (κ3) is 4.13. The van der Waals surface area contributed by atoms with Gasteiger partial charge in [-0.15, -0.1) is 11.3 Å². The van der Waals surface area contributed by atoms with Gasteiger partial charge in [0.15, 0.2) is 3.95 Å². The second-order valence-corrected chi connectivity index (χ2v) is 7.48. The van der Waals surface area contributed by atoms with Gasteiger partial charge in [0, 0.05) is 26.2 Å². The molecule has 1 aromatic heterocycles. The molecule has 2 aromatic rings. The summed E-state index contributed by atoms with van der Waals surface area (Å²) in [7, 11) is 0. The lowest BCUT2D eigenvalue weighted by Crippen LogP contribution is -2.49. The van der Waals surface area contributed by atoms with Gasteiger partial charge < -0.3 is 18.9 Å². The molecule has 3 rings (SSSR count). The Balaban J connectivity index is 1.68. The number of nitrogens with zero attached hydrogens (tertiary/aromatic N) is 3. The van der Waals surface area contributed by atoms with E-state index in [1.807, 2.05) is 19.9 Å². The topological polar surface area (TPSA) is 46.9 Å². The number of benzene rings is 1. The highest BCUT2D eigenvalue weighted by Crippen LogP contribution is 2.28. The van der Waals surface area contributed by atoms with Crippen LogP contribution in [0.5, 0.6) is 5.75 Å². The van der Waals surface area contributed by atoms with Crippen LogP contribution in [0.25, 0.3) is 10.2 Å². The molecule has 0 radical (unpaired) electrons. The van der Waals surface area contributed by atoms with Gasteiger partial charge in [-0.25, -0.2) is 4.79 Å². The molecule has 1 aliphatic heterocycles. The fourth-order valence-corrected chi connectivity index (χ4v) is 4.26. The zero-order chi connectivity index (χ0) is 17.8. The molecule has 0 spiro atoms. The van der Waals surface area contributed by atoms with E-state index in [1.54, 1.807) is 16.2 Å². The van der Waals surface area contributed by atoms with E-state index in [1.165, 1.54) is 0 Å². The van der Waals surface area contributed by atoms with Crippen LogP contribution in [0.15, 0.2) is 18.2 Å². The van der Waals surface area contributed by atoms with E-state index in [2.05, 4.69) is 21.6 Å².